The standard InChI is InChI=1S/C22H33N5O/c1-18-8-10-19(11-9-18)21-26-20(17-28-21)16-25-22(23-2)24-12-7-15-27-13-5-3-4-6-14-27/h8-11,17H,3-7,12-16H2,1-2H3,(H2,23,24,25). The van der Waals surface area contributed by atoms with Gasteiger partial charge >= 0.3 is 0 Å². The lowest BCUT2D eigenvalue weighted by atomic mass is 10.1. The van der Waals surface area contributed by atoms with E-state index < -0.39 is 0 Å². The minimum absolute atomic E-state index is 0.584. The zero-order valence-corrected chi connectivity index (χ0v) is 17.2. The highest BCUT2D eigenvalue weighted by molar-refractivity contribution is 5.79. The number of guanidine groups is 1. The lowest BCUT2D eigenvalue weighted by Crippen LogP contribution is -2.38. The molecule has 0 aliphatic carbocycles. The molecule has 1 aromatic carbocycles. The van der Waals surface area contributed by atoms with Crippen LogP contribution in [0.5, 0.6) is 0 Å². The first-order chi connectivity index (χ1) is 13.7. The number of nitrogens with zero attached hydrogens (tertiary/aromatic N) is 3. The van der Waals surface area contributed by atoms with Crippen molar-refractivity contribution in [2.45, 2.75) is 45.6 Å². The minimum atomic E-state index is 0.584. The summed E-state index contributed by atoms with van der Waals surface area (Å²) in [6, 6.07) is 8.19. The lowest BCUT2D eigenvalue weighted by Gasteiger charge is -2.20. The molecule has 1 saturated heterocycles. The summed E-state index contributed by atoms with van der Waals surface area (Å²) in [5.74, 6) is 1.45. The quantitative estimate of drug-likeness (QED) is 0.435. The molecular weight excluding hydrogens is 350 g/mol. The van der Waals surface area contributed by atoms with E-state index in [9.17, 15) is 0 Å². The Labute approximate surface area is 168 Å². The molecule has 0 atom stereocenters. The Hall–Kier alpha value is -2.34. The second-order valence-electron chi connectivity index (χ2n) is 7.47. The maximum absolute atomic E-state index is 5.62. The van der Waals surface area contributed by atoms with E-state index >= 15 is 0 Å². The summed E-state index contributed by atoms with van der Waals surface area (Å²) in [5.41, 5.74) is 3.08. The molecule has 1 aliphatic rings. The van der Waals surface area contributed by atoms with Crippen molar-refractivity contribution in [3.63, 3.8) is 0 Å². The molecule has 0 bridgehead atoms. The van der Waals surface area contributed by atoms with Crippen molar-refractivity contribution in [2.24, 2.45) is 4.99 Å². The van der Waals surface area contributed by atoms with Crippen LogP contribution in [0.3, 0.4) is 0 Å². The average Bonchev–Trinajstić information content (AvgIpc) is 3.03. The van der Waals surface area contributed by atoms with Gasteiger partial charge in [0.25, 0.3) is 0 Å². The Morgan fingerprint density at radius 2 is 1.86 bits per heavy atom. The Morgan fingerprint density at radius 1 is 1.11 bits per heavy atom. The van der Waals surface area contributed by atoms with Crippen molar-refractivity contribution in [1.29, 1.82) is 0 Å². The SMILES string of the molecule is CN=C(NCCCN1CCCCCC1)NCc1coc(-c2ccc(C)cc2)n1. The highest BCUT2D eigenvalue weighted by Gasteiger charge is 2.09. The maximum Gasteiger partial charge on any atom is 0.226 e. The Morgan fingerprint density at radius 3 is 2.57 bits per heavy atom. The van der Waals surface area contributed by atoms with Gasteiger partial charge in [-0.1, -0.05) is 30.5 Å². The van der Waals surface area contributed by atoms with Gasteiger partial charge in [0, 0.05) is 19.2 Å². The molecule has 1 aliphatic heterocycles. The molecule has 2 N–H and O–H groups in total. The lowest BCUT2D eigenvalue weighted by molar-refractivity contribution is 0.282. The van der Waals surface area contributed by atoms with Gasteiger partial charge in [-0.25, -0.2) is 4.98 Å². The highest BCUT2D eigenvalue weighted by atomic mass is 16.3. The number of aromatic nitrogens is 1. The van der Waals surface area contributed by atoms with Crippen molar-refractivity contribution in [2.75, 3.05) is 33.2 Å². The molecule has 6 nitrogen and oxygen atoms in total. The van der Waals surface area contributed by atoms with Crippen LogP contribution in [0.4, 0.5) is 0 Å². The van der Waals surface area contributed by atoms with Crippen molar-refractivity contribution < 1.29 is 4.42 Å². The summed E-state index contributed by atoms with van der Waals surface area (Å²) < 4.78 is 5.62. The molecule has 1 fully saturated rings. The van der Waals surface area contributed by atoms with Crippen LogP contribution in [0.2, 0.25) is 0 Å². The maximum atomic E-state index is 5.62. The fourth-order valence-corrected chi connectivity index (χ4v) is 3.48. The molecule has 0 radical (unpaired) electrons. The molecule has 1 aromatic heterocycles. The van der Waals surface area contributed by atoms with Crippen LogP contribution < -0.4 is 10.6 Å². The molecule has 2 aromatic rings. The number of likely N-dealkylation sites (tertiary alicyclic amines) is 1. The number of rotatable bonds is 7. The van der Waals surface area contributed by atoms with Crippen LogP contribution in [0.25, 0.3) is 11.5 Å². The first kappa shape index (κ1) is 20.4. The van der Waals surface area contributed by atoms with Crippen molar-refractivity contribution in [1.82, 2.24) is 20.5 Å². The third kappa shape index (κ3) is 6.37. The van der Waals surface area contributed by atoms with E-state index in [0.717, 1.165) is 36.7 Å². The van der Waals surface area contributed by atoms with Crippen molar-refractivity contribution >= 4 is 5.96 Å². The van der Waals surface area contributed by atoms with Gasteiger partial charge in [-0.15, -0.1) is 0 Å². The van der Waals surface area contributed by atoms with Gasteiger partial charge in [-0.3, -0.25) is 4.99 Å². The van der Waals surface area contributed by atoms with E-state index in [2.05, 4.69) is 44.6 Å². The summed E-state index contributed by atoms with van der Waals surface area (Å²) in [6.45, 7) is 7.24. The predicted octanol–water partition coefficient (Wildman–Crippen LogP) is 3.58. The van der Waals surface area contributed by atoms with Crippen LogP contribution in [0, 0.1) is 6.92 Å². The molecule has 0 unspecified atom stereocenters. The second-order valence-corrected chi connectivity index (χ2v) is 7.47. The van der Waals surface area contributed by atoms with Crippen LogP contribution >= 0.6 is 0 Å². The number of hydrogen-bond donors (Lipinski definition) is 2. The summed E-state index contributed by atoms with van der Waals surface area (Å²) in [6.07, 6.45) is 8.30. The Bertz CT molecular complexity index is 730. The molecule has 28 heavy (non-hydrogen) atoms. The van der Waals surface area contributed by atoms with Crippen LogP contribution in [-0.4, -0.2) is 49.1 Å². The Balaban J connectivity index is 1.38. The van der Waals surface area contributed by atoms with Gasteiger partial charge in [0.05, 0.1) is 12.2 Å². The van der Waals surface area contributed by atoms with E-state index in [0.29, 0.717) is 12.4 Å². The molecule has 6 heteroatoms. The predicted molar refractivity (Wildman–Crippen MR) is 114 cm³/mol. The molecule has 3 rings (SSSR count). The van der Waals surface area contributed by atoms with Gasteiger partial charge in [-0.05, 0) is 58.0 Å². The van der Waals surface area contributed by atoms with Gasteiger partial charge in [0.2, 0.25) is 5.89 Å². The number of oxazole rings is 1. The molecule has 2 heterocycles. The van der Waals surface area contributed by atoms with Gasteiger partial charge < -0.3 is 20.0 Å². The fourth-order valence-electron chi connectivity index (χ4n) is 3.48. The summed E-state index contributed by atoms with van der Waals surface area (Å²) >= 11 is 0. The van der Waals surface area contributed by atoms with E-state index in [1.54, 1.807) is 13.3 Å². The van der Waals surface area contributed by atoms with Gasteiger partial charge in [-0.2, -0.15) is 0 Å². The fraction of sp³-hybridized carbons (Fsp3) is 0.545. The van der Waals surface area contributed by atoms with Crippen LogP contribution in [0.15, 0.2) is 39.9 Å². The zero-order chi connectivity index (χ0) is 19.6. The van der Waals surface area contributed by atoms with Gasteiger partial charge in [0.1, 0.15) is 6.26 Å². The van der Waals surface area contributed by atoms with Crippen LogP contribution in [-0.2, 0) is 6.54 Å². The highest BCUT2D eigenvalue weighted by Crippen LogP contribution is 2.19. The number of aliphatic imine (C=N–C) groups is 1. The summed E-state index contributed by atoms with van der Waals surface area (Å²) in [4.78, 5) is 11.5. The monoisotopic (exact) mass is 383 g/mol. The first-order valence-electron chi connectivity index (χ1n) is 10.4. The second kappa shape index (κ2) is 10.9. The average molecular weight is 384 g/mol. The normalized spacial score (nSPS) is 16.0. The summed E-state index contributed by atoms with van der Waals surface area (Å²) in [5, 5.41) is 6.70. The third-order valence-corrected chi connectivity index (χ3v) is 5.15. The molecule has 0 spiro atoms. The third-order valence-electron chi connectivity index (χ3n) is 5.15. The minimum Gasteiger partial charge on any atom is -0.444 e. The van der Waals surface area contributed by atoms with Crippen molar-refractivity contribution in [3.05, 3.63) is 41.8 Å². The van der Waals surface area contributed by atoms with E-state index in [1.165, 1.54) is 44.3 Å². The number of aryl methyl sites for hydroxylation is 1. The first-order valence-corrected chi connectivity index (χ1v) is 10.4. The Kier molecular flexibility index (Phi) is 7.91. The number of benzene rings is 1. The summed E-state index contributed by atoms with van der Waals surface area (Å²) in [7, 11) is 1.80. The molecule has 0 amide bonds. The topological polar surface area (TPSA) is 65.7 Å². The number of nitrogens with one attached hydrogen (secondary N) is 2. The van der Waals surface area contributed by atoms with Crippen molar-refractivity contribution in [3.8, 4) is 11.5 Å². The van der Waals surface area contributed by atoms with E-state index in [-0.39, 0.29) is 0 Å². The van der Waals surface area contributed by atoms with Crippen LogP contribution in [0.1, 0.15) is 43.4 Å². The molecular formula is C22H33N5O. The van der Waals surface area contributed by atoms with E-state index in [1.807, 2.05) is 12.1 Å². The molecule has 152 valence electrons. The molecule has 0 saturated carbocycles. The number of hydrogen-bond acceptors (Lipinski definition) is 4. The zero-order valence-electron chi connectivity index (χ0n) is 17.2. The smallest absolute Gasteiger partial charge is 0.226 e. The van der Waals surface area contributed by atoms with E-state index in [4.69, 9.17) is 4.42 Å². The van der Waals surface area contributed by atoms with Gasteiger partial charge in [0.15, 0.2) is 5.96 Å². The largest absolute Gasteiger partial charge is 0.444 e.